The third kappa shape index (κ3) is 4.84. The number of unbranched alkanes of at least 4 members (excludes halogenated alkanes) is 2. The second-order valence-electron chi connectivity index (χ2n) is 5.81. The van der Waals surface area contributed by atoms with E-state index in [2.05, 4.69) is 25.8 Å². The first kappa shape index (κ1) is 14.0. The number of nitrogens with zero attached hydrogens (tertiary/aromatic N) is 1. The Bertz CT molecular complexity index is 182. The summed E-state index contributed by atoms with van der Waals surface area (Å²) in [6.07, 6.45) is 7.90. The largest absolute Gasteiger partial charge is 0.327 e. The second-order valence-corrected chi connectivity index (χ2v) is 5.81. The van der Waals surface area contributed by atoms with E-state index < -0.39 is 0 Å². The smallest absolute Gasteiger partial charge is 0.00795 e. The molecule has 1 aliphatic rings. The number of hydrogen-bond donors (Lipinski definition) is 1. The molecule has 96 valence electrons. The van der Waals surface area contributed by atoms with E-state index in [1.165, 1.54) is 51.6 Å². The van der Waals surface area contributed by atoms with E-state index in [4.69, 9.17) is 5.73 Å². The fraction of sp³-hybridized carbons (Fsp3) is 1.00. The van der Waals surface area contributed by atoms with Crippen LogP contribution >= 0.6 is 0 Å². The molecule has 1 fully saturated rings. The normalized spacial score (nSPS) is 30.9. The molecule has 0 spiro atoms. The summed E-state index contributed by atoms with van der Waals surface area (Å²) >= 11 is 0. The highest BCUT2D eigenvalue weighted by molar-refractivity contribution is 4.82. The Morgan fingerprint density at radius 3 is 2.69 bits per heavy atom. The van der Waals surface area contributed by atoms with Gasteiger partial charge in [-0.25, -0.2) is 0 Å². The summed E-state index contributed by atoms with van der Waals surface area (Å²) in [7, 11) is 2.25. The van der Waals surface area contributed by atoms with Gasteiger partial charge < -0.3 is 10.6 Å². The summed E-state index contributed by atoms with van der Waals surface area (Å²) in [6.45, 7) is 7.08. The first-order chi connectivity index (χ1) is 7.63. The maximum atomic E-state index is 6.22. The lowest BCUT2D eigenvalue weighted by atomic mass is 9.79. The van der Waals surface area contributed by atoms with E-state index in [0.717, 1.165) is 11.8 Å². The average Bonchev–Trinajstić information content (AvgIpc) is 2.24. The minimum Gasteiger partial charge on any atom is -0.327 e. The van der Waals surface area contributed by atoms with Gasteiger partial charge in [0.25, 0.3) is 0 Å². The van der Waals surface area contributed by atoms with E-state index in [9.17, 15) is 0 Å². The zero-order valence-electron chi connectivity index (χ0n) is 11.4. The molecule has 3 unspecified atom stereocenters. The van der Waals surface area contributed by atoms with Gasteiger partial charge in [0, 0.05) is 12.6 Å². The minimum absolute atomic E-state index is 0.449. The quantitative estimate of drug-likeness (QED) is 0.706. The molecule has 1 rings (SSSR count). The predicted octanol–water partition coefficient (Wildman–Crippen LogP) is 2.87. The van der Waals surface area contributed by atoms with Crippen LogP contribution in [0.1, 0.15) is 52.4 Å². The number of nitrogens with two attached hydrogens (primary N) is 1. The average molecular weight is 226 g/mol. The predicted molar refractivity (Wildman–Crippen MR) is 71.5 cm³/mol. The van der Waals surface area contributed by atoms with Crippen LogP contribution in [-0.2, 0) is 0 Å². The van der Waals surface area contributed by atoms with Gasteiger partial charge in [0.05, 0.1) is 0 Å². The van der Waals surface area contributed by atoms with Crippen molar-refractivity contribution in [2.75, 3.05) is 20.1 Å². The molecule has 0 aromatic rings. The van der Waals surface area contributed by atoms with Gasteiger partial charge in [0.15, 0.2) is 0 Å². The Labute approximate surface area is 102 Å². The molecule has 0 aromatic heterocycles. The first-order valence-electron chi connectivity index (χ1n) is 7.07. The van der Waals surface area contributed by atoms with Crippen molar-refractivity contribution < 1.29 is 0 Å². The van der Waals surface area contributed by atoms with Crippen LogP contribution in [0.3, 0.4) is 0 Å². The molecule has 1 saturated carbocycles. The van der Waals surface area contributed by atoms with Gasteiger partial charge in [-0.3, -0.25) is 0 Å². The zero-order chi connectivity index (χ0) is 12.0. The van der Waals surface area contributed by atoms with Crippen LogP contribution in [0.15, 0.2) is 0 Å². The highest BCUT2D eigenvalue weighted by Crippen LogP contribution is 2.28. The topological polar surface area (TPSA) is 29.3 Å². The van der Waals surface area contributed by atoms with Crippen LogP contribution in [0.4, 0.5) is 0 Å². The van der Waals surface area contributed by atoms with E-state index in [1.54, 1.807) is 0 Å². The molecule has 0 saturated heterocycles. The zero-order valence-corrected chi connectivity index (χ0v) is 11.4. The lowest BCUT2D eigenvalue weighted by Gasteiger charge is -2.35. The Hall–Kier alpha value is -0.0800. The van der Waals surface area contributed by atoms with E-state index in [0.29, 0.717) is 6.04 Å². The fourth-order valence-electron chi connectivity index (χ4n) is 2.86. The van der Waals surface area contributed by atoms with Crippen molar-refractivity contribution >= 4 is 0 Å². The molecule has 0 bridgehead atoms. The lowest BCUT2D eigenvalue weighted by molar-refractivity contribution is 0.179. The van der Waals surface area contributed by atoms with Gasteiger partial charge in [0.2, 0.25) is 0 Å². The summed E-state index contributed by atoms with van der Waals surface area (Å²) in [6, 6.07) is 0.449. The van der Waals surface area contributed by atoms with Gasteiger partial charge in [-0.05, 0) is 51.1 Å². The van der Waals surface area contributed by atoms with Crippen molar-refractivity contribution in [3.8, 4) is 0 Å². The van der Waals surface area contributed by atoms with Gasteiger partial charge in [0.1, 0.15) is 0 Å². The molecule has 0 aliphatic heterocycles. The maximum absolute atomic E-state index is 6.22. The van der Waals surface area contributed by atoms with Crippen LogP contribution in [-0.4, -0.2) is 31.1 Å². The first-order valence-corrected chi connectivity index (χ1v) is 7.07. The molecule has 16 heavy (non-hydrogen) atoms. The highest BCUT2D eigenvalue weighted by atomic mass is 15.1. The maximum Gasteiger partial charge on any atom is 0.00795 e. The summed E-state index contributed by atoms with van der Waals surface area (Å²) in [5, 5.41) is 0. The van der Waals surface area contributed by atoms with Gasteiger partial charge in [-0.1, -0.05) is 26.7 Å². The fourth-order valence-corrected chi connectivity index (χ4v) is 2.86. The summed E-state index contributed by atoms with van der Waals surface area (Å²) in [5.74, 6) is 1.62. The number of hydrogen-bond acceptors (Lipinski definition) is 2. The molecule has 2 nitrogen and oxygen atoms in total. The van der Waals surface area contributed by atoms with Gasteiger partial charge >= 0.3 is 0 Å². The summed E-state index contributed by atoms with van der Waals surface area (Å²) < 4.78 is 0. The Kier molecular flexibility index (Phi) is 6.37. The molecule has 2 N–H and O–H groups in total. The van der Waals surface area contributed by atoms with Crippen molar-refractivity contribution in [1.82, 2.24) is 4.90 Å². The molecular formula is C14H30N2. The Morgan fingerprint density at radius 1 is 1.25 bits per heavy atom. The Balaban J connectivity index is 2.23. The standard InChI is InChI=1S/C14H30N2/c1-4-5-6-9-16(3)11-13-10-12(2)7-8-14(13)15/h12-14H,4-11,15H2,1-3H3. The van der Waals surface area contributed by atoms with Gasteiger partial charge in [-0.15, -0.1) is 0 Å². The molecule has 0 aromatic carbocycles. The lowest BCUT2D eigenvalue weighted by Crippen LogP contribution is -2.42. The van der Waals surface area contributed by atoms with Crippen LogP contribution in [0.5, 0.6) is 0 Å². The molecule has 0 radical (unpaired) electrons. The third-order valence-corrected chi connectivity index (χ3v) is 3.99. The molecule has 2 heteroatoms. The van der Waals surface area contributed by atoms with Crippen molar-refractivity contribution in [2.24, 2.45) is 17.6 Å². The molecule has 1 aliphatic carbocycles. The highest BCUT2D eigenvalue weighted by Gasteiger charge is 2.26. The summed E-state index contributed by atoms with van der Waals surface area (Å²) in [4.78, 5) is 2.48. The number of rotatable bonds is 6. The second kappa shape index (κ2) is 7.29. The van der Waals surface area contributed by atoms with Crippen molar-refractivity contribution in [2.45, 2.75) is 58.4 Å². The third-order valence-electron chi connectivity index (χ3n) is 3.99. The van der Waals surface area contributed by atoms with Crippen LogP contribution < -0.4 is 5.73 Å². The SMILES string of the molecule is CCCCCN(C)CC1CC(C)CCC1N. The van der Waals surface area contributed by atoms with Crippen LogP contribution in [0, 0.1) is 11.8 Å². The summed E-state index contributed by atoms with van der Waals surface area (Å²) in [5.41, 5.74) is 6.22. The van der Waals surface area contributed by atoms with E-state index in [1.807, 2.05) is 0 Å². The van der Waals surface area contributed by atoms with E-state index >= 15 is 0 Å². The van der Waals surface area contributed by atoms with E-state index in [-0.39, 0.29) is 0 Å². The molecule has 0 heterocycles. The minimum atomic E-state index is 0.449. The molecule has 0 amide bonds. The van der Waals surface area contributed by atoms with Gasteiger partial charge in [-0.2, -0.15) is 0 Å². The Morgan fingerprint density at radius 2 is 2.00 bits per heavy atom. The van der Waals surface area contributed by atoms with Crippen molar-refractivity contribution in [1.29, 1.82) is 0 Å². The molecular weight excluding hydrogens is 196 g/mol. The monoisotopic (exact) mass is 226 g/mol. The van der Waals surface area contributed by atoms with Crippen molar-refractivity contribution in [3.05, 3.63) is 0 Å². The van der Waals surface area contributed by atoms with Crippen LogP contribution in [0.2, 0.25) is 0 Å². The van der Waals surface area contributed by atoms with Crippen molar-refractivity contribution in [3.63, 3.8) is 0 Å². The molecule has 3 atom stereocenters. The van der Waals surface area contributed by atoms with Crippen LogP contribution in [0.25, 0.3) is 0 Å².